The van der Waals surface area contributed by atoms with Gasteiger partial charge in [-0.25, -0.2) is 0 Å². The Morgan fingerprint density at radius 1 is 1.07 bits per heavy atom. The van der Waals surface area contributed by atoms with Gasteiger partial charge in [0.15, 0.2) is 0 Å². The molecule has 0 spiro atoms. The molecule has 148 valence electrons. The molecule has 3 aliphatic rings. The van der Waals surface area contributed by atoms with Gasteiger partial charge in [-0.2, -0.15) is 0 Å². The van der Waals surface area contributed by atoms with Gasteiger partial charge in [0.2, 0.25) is 11.8 Å². The highest BCUT2D eigenvalue weighted by molar-refractivity contribution is 7.16. The number of hydrogen-bond acceptors (Lipinski definition) is 4. The largest absolute Gasteiger partial charge is 0.351 e. The highest BCUT2D eigenvalue weighted by Crippen LogP contribution is 2.32. The van der Waals surface area contributed by atoms with E-state index in [-0.39, 0.29) is 11.8 Å². The molecular weight excluding hydrogens is 382 g/mol. The molecule has 1 aliphatic carbocycles. The van der Waals surface area contributed by atoms with Crippen LogP contribution in [-0.4, -0.2) is 53.8 Å². The van der Waals surface area contributed by atoms with Crippen molar-refractivity contribution in [2.45, 2.75) is 51.1 Å². The Hall–Kier alpha value is -1.11. The molecule has 0 radical (unpaired) electrons. The zero-order chi connectivity index (χ0) is 18.8. The minimum absolute atomic E-state index is 0.0697. The van der Waals surface area contributed by atoms with Crippen LogP contribution in [0.1, 0.15) is 43.4 Å². The highest BCUT2D eigenvalue weighted by Gasteiger charge is 2.37. The quantitative estimate of drug-likeness (QED) is 0.812. The molecule has 0 unspecified atom stereocenters. The second-order valence-corrected chi connectivity index (χ2v) is 9.89. The van der Waals surface area contributed by atoms with E-state index in [9.17, 15) is 9.59 Å². The molecule has 4 rings (SSSR count). The third-order valence-electron chi connectivity index (χ3n) is 6.11. The van der Waals surface area contributed by atoms with Crippen molar-refractivity contribution in [3.05, 3.63) is 21.3 Å². The molecule has 0 bridgehead atoms. The standard InChI is InChI=1S/C20H28ClN3O2S/c21-18-6-5-17(27-18)12-22-19(25)15-2-1-9-24(13-15)16-7-10-23(11-8-16)20(26)14-3-4-14/h5-6,14-16H,1-4,7-13H2,(H,22,25)/t15-/m0/s1. The summed E-state index contributed by atoms with van der Waals surface area (Å²) in [6, 6.07) is 4.35. The Labute approximate surface area is 170 Å². The third kappa shape index (κ3) is 4.84. The number of amides is 2. The molecule has 1 atom stereocenters. The first-order chi connectivity index (χ1) is 13.1. The monoisotopic (exact) mass is 409 g/mol. The summed E-state index contributed by atoms with van der Waals surface area (Å²) in [4.78, 5) is 30.5. The Morgan fingerprint density at radius 3 is 2.52 bits per heavy atom. The van der Waals surface area contributed by atoms with Crippen molar-refractivity contribution in [1.82, 2.24) is 15.1 Å². The van der Waals surface area contributed by atoms with E-state index < -0.39 is 0 Å². The topological polar surface area (TPSA) is 52.7 Å². The van der Waals surface area contributed by atoms with Gasteiger partial charge in [0.25, 0.3) is 0 Å². The number of nitrogens with one attached hydrogen (secondary N) is 1. The smallest absolute Gasteiger partial charge is 0.225 e. The van der Waals surface area contributed by atoms with E-state index in [1.807, 2.05) is 12.1 Å². The molecule has 3 heterocycles. The summed E-state index contributed by atoms with van der Waals surface area (Å²) in [5.41, 5.74) is 0. The van der Waals surface area contributed by atoms with Gasteiger partial charge >= 0.3 is 0 Å². The first kappa shape index (κ1) is 19.2. The van der Waals surface area contributed by atoms with Gasteiger partial charge in [0.05, 0.1) is 16.8 Å². The predicted molar refractivity (Wildman–Crippen MR) is 108 cm³/mol. The van der Waals surface area contributed by atoms with Crippen LogP contribution in [0.3, 0.4) is 0 Å². The molecular formula is C20H28ClN3O2S. The fourth-order valence-corrected chi connectivity index (χ4v) is 5.38. The fourth-order valence-electron chi connectivity index (χ4n) is 4.36. The molecule has 1 saturated carbocycles. The van der Waals surface area contributed by atoms with E-state index in [0.29, 0.717) is 24.4 Å². The Kier molecular flexibility index (Phi) is 6.05. The second-order valence-electron chi connectivity index (χ2n) is 8.09. The van der Waals surface area contributed by atoms with Crippen LogP contribution >= 0.6 is 22.9 Å². The van der Waals surface area contributed by atoms with Crippen LogP contribution in [0.25, 0.3) is 0 Å². The van der Waals surface area contributed by atoms with Crippen molar-refractivity contribution in [2.75, 3.05) is 26.2 Å². The van der Waals surface area contributed by atoms with Crippen molar-refractivity contribution in [2.24, 2.45) is 11.8 Å². The van der Waals surface area contributed by atoms with E-state index in [2.05, 4.69) is 15.1 Å². The first-order valence-electron chi connectivity index (χ1n) is 10.1. The van der Waals surface area contributed by atoms with Gasteiger partial charge < -0.3 is 10.2 Å². The fraction of sp³-hybridized carbons (Fsp3) is 0.700. The van der Waals surface area contributed by atoms with Crippen molar-refractivity contribution < 1.29 is 9.59 Å². The summed E-state index contributed by atoms with van der Waals surface area (Å²) in [6.45, 7) is 4.25. The Bertz CT molecular complexity index is 683. The van der Waals surface area contributed by atoms with Crippen LogP contribution in [-0.2, 0) is 16.1 Å². The number of hydrogen-bond donors (Lipinski definition) is 1. The lowest BCUT2D eigenvalue weighted by molar-refractivity contribution is -0.134. The number of thiophene rings is 1. The van der Waals surface area contributed by atoms with Crippen molar-refractivity contribution in [3.63, 3.8) is 0 Å². The molecule has 3 fully saturated rings. The maximum atomic E-state index is 12.6. The molecule has 7 heteroatoms. The molecule has 1 N–H and O–H groups in total. The maximum Gasteiger partial charge on any atom is 0.225 e. The zero-order valence-electron chi connectivity index (χ0n) is 15.7. The van der Waals surface area contributed by atoms with Crippen LogP contribution in [0.2, 0.25) is 4.34 Å². The Morgan fingerprint density at radius 2 is 1.85 bits per heavy atom. The number of likely N-dealkylation sites (tertiary alicyclic amines) is 2. The van der Waals surface area contributed by atoms with Crippen LogP contribution < -0.4 is 5.32 Å². The zero-order valence-corrected chi connectivity index (χ0v) is 17.2. The van der Waals surface area contributed by atoms with E-state index in [1.54, 1.807) is 0 Å². The second kappa shape index (κ2) is 8.50. The van der Waals surface area contributed by atoms with E-state index in [4.69, 9.17) is 11.6 Å². The molecule has 1 aromatic heterocycles. The molecule has 1 aromatic rings. The third-order valence-corrected chi connectivity index (χ3v) is 7.34. The van der Waals surface area contributed by atoms with Gasteiger partial charge in [-0.1, -0.05) is 11.6 Å². The van der Waals surface area contributed by atoms with Gasteiger partial charge in [-0.05, 0) is 57.2 Å². The molecule has 5 nitrogen and oxygen atoms in total. The Balaban J connectivity index is 1.24. The summed E-state index contributed by atoms with van der Waals surface area (Å²) in [5, 5.41) is 3.08. The van der Waals surface area contributed by atoms with Crippen LogP contribution in [0, 0.1) is 11.8 Å². The lowest BCUT2D eigenvalue weighted by atomic mass is 9.93. The lowest BCUT2D eigenvalue weighted by Gasteiger charge is -2.42. The van der Waals surface area contributed by atoms with Crippen molar-refractivity contribution in [3.8, 4) is 0 Å². The van der Waals surface area contributed by atoms with Crippen molar-refractivity contribution in [1.29, 1.82) is 0 Å². The van der Waals surface area contributed by atoms with Gasteiger partial charge in [0, 0.05) is 36.5 Å². The number of carbonyl (C=O) groups is 2. The number of carbonyl (C=O) groups excluding carboxylic acids is 2. The molecule has 2 aliphatic heterocycles. The normalized spacial score (nSPS) is 24.8. The average Bonchev–Trinajstić information content (AvgIpc) is 3.47. The first-order valence-corrected chi connectivity index (χ1v) is 11.3. The van der Waals surface area contributed by atoms with Crippen molar-refractivity contribution >= 4 is 34.8 Å². The SMILES string of the molecule is O=C(NCc1ccc(Cl)s1)[C@H]1CCCN(C2CCN(C(=O)C3CC3)CC2)C1. The summed E-state index contributed by atoms with van der Waals surface area (Å²) in [7, 11) is 0. The summed E-state index contributed by atoms with van der Waals surface area (Å²) < 4.78 is 0.759. The summed E-state index contributed by atoms with van der Waals surface area (Å²) in [5.74, 6) is 0.923. The molecule has 27 heavy (non-hydrogen) atoms. The highest BCUT2D eigenvalue weighted by atomic mass is 35.5. The maximum absolute atomic E-state index is 12.6. The average molecular weight is 410 g/mol. The van der Waals surface area contributed by atoms with Gasteiger partial charge in [-0.15, -0.1) is 11.3 Å². The minimum Gasteiger partial charge on any atom is -0.351 e. The predicted octanol–water partition coefficient (Wildman–Crippen LogP) is 3.13. The summed E-state index contributed by atoms with van der Waals surface area (Å²) in [6.07, 6.45) is 6.29. The molecule has 2 amide bonds. The van der Waals surface area contributed by atoms with Gasteiger partial charge in [0.1, 0.15) is 0 Å². The number of nitrogens with zero attached hydrogens (tertiary/aromatic N) is 2. The number of piperidine rings is 2. The van der Waals surface area contributed by atoms with E-state index in [1.165, 1.54) is 11.3 Å². The summed E-state index contributed by atoms with van der Waals surface area (Å²) >= 11 is 7.47. The minimum atomic E-state index is 0.0697. The molecule has 2 saturated heterocycles. The van der Waals surface area contributed by atoms with Gasteiger partial charge in [-0.3, -0.25) is 14.5 Å². The lowest BCUT2D eigenvalue weighted by Crippen LogP contribution is -2.51. The van der Waals surface area contributed by atoms with Crippen LogP contribution in [0.4, 0.5) is 0 Å². The van der Waals surface area contributed by atoms with E-state index >= 15 is 0 Å². The van der Waals surface area contributed by atoms with Crippen LogP contribution in [0.5, 0.6) is 0 Å². The van der Waals surface area contributed by atoms with E-state index in [0.717, 1.165) is 73.9 Å². The number of halogens is 1. The molecule has 0 aromatic carbocycles. The van der Waals surface area contributed by atoms with Crippen LogP contribution in [0.15, 0.2) is 12.1 Å². The number of rotatable bonds is 5.